The monoisotopic (exact) mass is 706 g/mol. The normalized spacial score (nSPS) is 15.8. The first-order valence-corrected chi connectivity index (χ1v) is 18.2. The molecule has 0 radical (unpaired) electrons. The molecule has 41 heavy (non-hydrogen) atoms. The van der Waals surface area contributed by atoms with Gasteiger partial charge < -0.3 is 9.47 Å². The Morgan fingerprint density at radius 2 is 1.41 bits per heavy atom. The summed E-state index contributed by atoms with van der Waals surface area (Å²) in [6.45, 7) is 15.4. The maximum atomic E-state index is 11.8. The molecule has 1 aliphatic rings. The number of hydrogen-bond acceptors (Lipinski definition) is 8. The Hall–Kier alpha value is -1.22. The molecule has 0 bridgehead atoms. The number of halogens is 1. The van der Waals surface area contributed by atoms with E-state index in [1.807, 2.05) is 12.1 Å². The molecular weight excluding hydrogens is 670 g/mol. The average Bonchev–Trinajstić information content (AvgIpc) is 3.12. The second-order valence-electron chi connectivity index (χ2n) is 11.0. The Balaban J connectivity index is 0.000000902. The topological polar surface area (TPSA) is 145 Å². The van der Waals surface area contributed by atoms with Gasteiger partial charge in [0.1, 0.15) is 43.8 Å². The molecule has 1 heterocycles. The summed E-state index contributed by atoms with van der Waals surface area (Å²) in [4.78, 5) is 0.313. The summed E-state index contributed by atoms with van der Waals surface area (Å²) in [5.74, 6) is 2.42. The van der Waals surface area contributed by atoms with Crippen molar-refractivity contribution in [1.82, 2.24) is 0 Å². The predicted molar refractivity (Wildman–Crippen MR) is 142 cm³/mol. The van der Waals surface area contributed by atoms with E-state index in [9.17, 15) is 8.42 Å². The van der Waals surface area contributed by atoms with E-state index in [4.69, 9.17) is 23.2 Å². The van der Waals surface area contributed by atoms with Gasteiger partial charge in [-0.3, -0.25) is 13.7 Å². The van der Waals surface area contributed by atoms with Crippen molar-refractivity contribution in [3.63, 3.8) is 0 Å². The number of ether oxygens (including phenoxy) is 2. The van der Waals surface area contributed by atoms with E-state index in [0.717, 1.165) is 33.8 Å². The number of rotatable bonds is 6. The van der Waals surface area contributed by atoms with Gasteiger partial charge >= 0.3 is 29.6 Å². The van der Waals surface area contributed by atoms with E-state index in [-0.39, 0.29) is 41.1 Å². The van der Waals surface area contributed by atoms with Gasteiger partial charge in [-0.25, -0.2) is 8.42 Å². The summed E-state index contributed by atoms with van der Waals surface area (Å²) < 4.78 is 71.0. The molecule has 1 atom stereocenters. The number of fused-ring (bicyclic) bond motifs is 1. The standard InChI is InChI=1S/C30H36O4S.IO4.Na/c1-18(2)23-11-13-24(14-12-23)27-26-21(5)28(19(3)20(4)29(26)34-30(27,6)7)33-17-22-9-15-25(16-10-22)35(8,31)32;2-1(3,4)5;/h9-16,18,27H,17H2,1-8H3;;/q;-1;+1. The molecule has 0 fully saturated rings. The van der Waals surface area contributed by atoms with Crippen LogP contribution in [0.1, 0.15) is 78.5 Å². The van der Waals surface area contributed by atoms with Crippen LogP contribution in [-0.4, -0.2) is 20.3 Å². The van der Waals surface area contributed by atoms with Crippen molar-refractivity contribution in [1.29, 1.82) is 0 Å². The predicted octanol–water partition coefficient (Wildman–Crippen LogP) is -3.73. The summed E-state index contributed by atoms with van der Waals surface area (Å²) in [6.07, 6.45) is 1.22. The van der Waals surface area contributed by atoms with E-state index in [2.05, 4.69) is 72.7 Å². The van der Waals surface area contributed by atoms with Crippen LogP contribution in [0.5, 0.6) is 11.5 Å². The fraction of sp³-hybridized carbons (Fsp3) is 0.400. The molecule has 1 unspecified atom stereocenters. The van der Waals surface area contributed by atoms with E-state index < -0.39 is 29.9 Å². The van der Waals surface area contributed by atoms with Crippen LogP contribution in [0.3, 0.4) is 0 Å². The van der Waals surface area contributed by atoms with Crippen LogP contribution < -0.4 is 72.9 Å². The van der Waals surface area contributed by atoms with Gasteiger partial charge in [0.15, 0.2) is 9.84 Å². The largest absolute Gasteiger partial charge is 1.00 e. The quantitative estimate of drug-likeness (QED) is 0.188. The molecular formula is C30H36INaO8S. The number of hydrogen-bond donors (Lipinski definition) is 0. The molecule has 3 aromatic carbocycles. The molecule has 3 aromatic rings. The zero-order chi connectivity index (χ0) is 30.2. The van der Waals surface area contributed by atoms with Gasteiger partial charge in [0, 0.05) is 11.8 Å². The minimum atomic E-state index is -5.94. The minimum absolute atomic E-state index is 0. The Morgan fingerprint density at radius 3 is 1.88 bits per heavy atom. The first kappa shape index (κ1) is 36.0. The van der Waals surface area contributed by atoms with Crippen molar-refractivity contribution in [3.8, 4) is 11.5 Å². The summed E-state index contributed by atoms with van der Waals surface area (Å²) in [5.41, 5.74) is 7.57. The molecule has 0 aromatic heterocycles. The summed E-state index contributed by atoms with van der Waals surface area (Å²) in [7, 11) is -3.22. The Morgan fingerprint density at radius 1 is 0.902 bits per heavy atom. The van der Waals surface area contributed by atoms with Gasteiger partial charge in [-0.2, -0.15) is 0 Å². The first-order chi connectivity index (χ1) is 18.3. The molecule has 0 spiro atoms. The van der Waals surface area contributed by atoms with Gasteiger partial charge in [-0.05, 0) is 86.1 Å². The fourth-order valence-corrected chi connectivity index (χ4v) is 5.74. The molecule has 8 nitrogen and oxygen atoms in total. The van der Waals surface area contributed by atoms with E-state index in [1.54, 1.807) is 12.1 Å². The van der Waals surface area contributed by atoms with E-state index in [0.29, 0.717) is 17.4 Å². The molecule has 0 amide bonds. The third-order valence-corrected chi connectivity index (χ3v) is 8.38. The van der Waals surface area contributed by atoms with Crippen molar-refractivity contribution in [2.45, 2.75) is 77.4 Å². The molecule has 1 aliphatic heterocycles. The zero-order valence-electron chi connectivity index (χ0n) is 25.0. The Kier molecular flexibility index (Phi) is 11.9. The average molecular weight is 707 g/mol. The maximum Gasteiger partial charge on any atom is 1.00 e. The third kappa shape index (κ3) is 8.90. The SMILES string of the molecule is Cc1c(C)c2c(c(C)c1OCc1ccc(S(C)(=O)=O)cc1)C(c1ccc(C(C)C)cc1)C(C)(C)O2.[Na+].[O-][I+3]([O-])([O-])[O-]. The Bertz CT molecular complexity index is 1460. The van der Waals surface area contributed by atoms with Crippen LogP contribution in [0.4, 0.5) is 0 Å². The smallest absolute Gasteiger partial charge is 0.488 e. The second-order valence-corrected chi connectivity index (χ2v) is 15.2. The molecule has 0 N–H and O–H groups in total. The molecule has 0 saturated carbocycles. The zero-order valence-corrected chi connectivity index (χ0v) is 30.0. The van der Waals surface area contributed by atoms with Crippen molar-refractivity contribution in [2.24, 2.45) is 0 Å². The van der Waals surface area contributed by atoms with Crippen molar-refractivity contribution in [3.05, 3.63) is 87.5 Å². The van der Waals surface area contributed by atoms with Gasteiger partial charge in [0.05, 0.1) is 10.8 Å². The van der Waals surface area contributed by atoms with Crippen molar-refractivity contribution >= 4 is 9.84 Å². The number of sulfone groups is 1. The summed E-state index contributed by atoms with van der Waals surface area (Å²) in [5, 5.41) is 0. The van der Waals surface area contributed by atoms with Gasteiger partial charge in [0.25, 0.3) is 0 Å². The second kappa shape index (κ2) is 13.6. The minimum Gasteiger partial charge on any atom is -0.488 e. The molecule has 4 rings (SSSR count). The number of benzene rings is 3. The molecule has 0 saturated heterocycles. The van der Waals surface area contributed by atoms with Crippen LogP contribution in [0, 0.1) is 20.8 Å². The van der Waals surface area contributed by atoms with E-state index in [1.165, 1.54) is 22.9 Å². The maximum absolute atomic E-state index is 11.8. The fourth-order valence-electron chi connectivity index (χ4n) is 5.11. The van der Waals surface area contributed by atoms with Crippen LogP contribution in [0.15, 0.2) is 53.4 Å². The van der Waals surface area contributed by atoms with Gasteiger partial charge in [0.2, 0.25) is 0 Å². The first-order valence-electron chi connectivity index (χ1n) is 12.8. The summed E-state index contributed by atoms with van der Waals surface area (Å²) >= 11 is -5.94. The Labute approximate surface area is 271 Å². The van der Waals surface area contributed by atoms with Crippen LogP contribution >= 0.6 is 0 Å². The van der Waals surface area contributed by atoms with E-state index >= 15 is 0 Å². The van der Waals surface area contributed by atoms with Crippen LogP contribution in [0.2, 0.25) is 0 Å². The van der Waals surface area contributed by atoms with Crippen LogP contribution in [-0.2, 0) is 16.4 Å². The molecule has 218 valence electrons. The summed E-state index contributed by atoms with van der Waals surface area (Å²) in [6, 6.07) is 15.8. The van der Waals surface area contributed by atoms with Gasteiger partial charge in [-0.15, -0.1) is 0 Å². The third-order valence-electron chi connectivity index (χ3n) is 7.25. The molecule has 11 heteroatoms. The van der Waals surface area contributed by atoms with Gasteiger partial charge in [-0.1, -0.05) is 50.2 Å². The van der Waals surface area contributed by atoms with Crippen LogP contribution in [0.25, 0.3) is 0 Å². The molecule has 0 aliphatic carbocycles. The van der Waals surface area contributed by atoms with Crippen molar-refractivity contribution in [2.75, 3.05) is 6.26 Å². The van der Waals surface area contributed by atoms with Crippen molar-refractivity contribution < 1.29 is 81.3 Å².